The predicted molar refractivity (Wildman–Crippen MR) is 125 cm³/mol. The third-order valence-electron chi connectivity index (χ3n) is 6.17. The fourth-order valence-electron chi connectivity index (χ4n) is 4.09. The van der Waals surface area contributed by atoms with E-state index in [0.717, 1.165) is 43.5 Å². The van der Waals surface area contributed by atoms with Crippen LogP contribution in [0.15, 0.2) is 48.5 Å². The van der Waals surface area contributed by atoms with E-state index in [1.807, 2.05) is 24.3 Å². The molecule has 0 spiro atoms. The first kappa shape index (κ1) is 22.1. The molecule has 2 aromatic carbocycles. The number of hydrogen-bond donors (Lipinski definition) is 1. The predicted octanol–water partition coefficient (Wildman–Crippen LogP) is 3.91. The van der Waals surface area contributed by atoms with Gasteiger partial charge in [-0.2, -0.15) is 0 Å². The number of ether oxygens (including phenoxy) is 1. The number of nitrogens with one attached hydrogen (secondary N) is 1. The average Bonchev–Trinajstić information content (AvgIpc) is 3.61. The van der Waals surface area contributed by atoms with Gasteiger partial charge in [-0.05, 0) is 55.5 Å². The molecule has 2 aromatic rings. The van der Waals surface area contributed by atoms with E-state index in [1.54, 1.807) is 0 Å². The zero-order chi connectivity index (χ0) is 21.6. The minimum atomic E-state index is 0.136. The van der Waals surface area contributed by atoms with E-state index in [0.29, 0.717) is 19.1 Å². The van der Waals surface area contributed by atoms with Crippen molar-refractivity contribution in [3.63, 3.8) is 0 Å². The highest BCUT2D eigenvalue weighted by molar-refractivity contribution is 6.30. The monoisotopic (exact) mass is 441 g/mol. The molecule has 0 aromatic heterocycles. The van der Waals surface area contributed by atoms with E-state index in [4.69, 9.17) is 16.3 Å². The molecule has 5 nitrogen and oxygen atoms in total. The summed E-state index contributed by atoms with van der Waals surface area (Å²) in [6.45, 7) is 7.85. The second kappa shape index (κ2) is 10.5. The maximum absolute atomic E-state index is 12.7. The van der Waals surface area contributed by atoms with Crippen LogP contribution in [0, 0.1) is 12.8 Å². The molecule has 1 heterocycles. The van der Waals surface area contributed by atoms with Crippen molar-refractivity contribution in [2.45, 2.75) is 25.8 Å². The lowest BCUT2D eigenvalue weighted by atomic mass is 10.0. The van der Waals surface area contributed by atoms with Gasteiger partial charge in [0.2, 0.25) is 5.91 Å². The van der Waals surface area contributed by atoms with Crippen LogP contribution in [0.25, 0.3) is 0 Å². The van der Waals surface area contributed by atoms with Crippen molar-refractivity contribution < 1.29 is 9.53 Å². The summed E-state index contributed by atoms with van der Waals surface area (Å²) in [7, 11) is 0. The second-order valence-corrected chi connectivity index (χ2v) is 9.15. The van der Waals surface area contributed by atoms with Gasteiger partial charge < -0.3 is 10.1 Å². The number of amides is 1. The van der Waals surface area contributed by atoms with Gasteiger partial charge in [0.15, 0.2) is 0 Å². The lowest BCUT2D eigenvalue weighted by molar-refractivity contribution is -0.123. The Bertz CT molecular complexity index is 844. The molecule has 1 saturated carbocycles. The van der Waals surface area contributed by atoms with Crippen LogP contribution in [-0.4, -0.2) is 61.6 Å². The smallest absolute Gasteiger partial charge is 0.234 e. The maximum atomic E-state index is 12.7. The highest BCUT2D eigenvalue weighted by Crippen LogP contribution is 2.41. The first-order valence-corrected chi connectivity index (χ1v) is 11.6. The summed E-state index contributed by atoms with van der Waals surface area (Å²) in [6.07, 6.45) is 2.41. The zero-order valence-electron chi connectivity index (χ0n) is 18.2. The standard InChI is InChI=1S/C25H32ClN3O2/c1-19-2-4-20(5-3-19)25(21-6-7-21)27-24(30)18-29-14-12-28(13-15-29)16-17-31-23-10-8-22(26)9-11-23/h2-5,8-11,21,25H,6-7,12-18H2,1H3,(H,27,30). The van der Waals surface area contributed by atoms with Gasteiger partial charge in [0.1, 0.15) is 12.4 Å². The molecule has 6 heteroatoms. The summed E-state index contributed by atoms with van der Waals surface area (Å²) in [4.78, 5) is 17.4. The van der Waals surface area contributed by atoms with Crippen molar-refractivity contribution in [1.29, 1.82) is 0 Å². The van der Waals surface area contributed by atoms with Crippen molar-refractivity contribution in [1.82, 2.24) is 15.1 Å². The van der Waals surface area contributed by atoms with Crippen LogP contribution >= 0.6 is 11.6 Å². The first-order chi connectivity index (χ1) is 15.1. The molecule has 1 unspecified atom stereocenters. The van der Waals surface area contributed by atoms with Crippen LogP contribution in [0.4, 0.5) is 0 Å². The molecular weight excluding hydrogens is 410 g/mol. The van der Waals surface area contributed by atoms with Crippen LogP contribution in [0.5, 0.6) is 5.75 Å². The molecule has 1 N–H and O–H groups in total. The molecule has 0 radical (unpaired) electrons. The van der Waals surface area contributed by atoms with Crippen molar-refractivity contribution in [3.8, 4) is 5.75 Å². The Kier molecular flexibility index (Phi) is 7.49. The SMILES string of the molecule is Cc1ccc(C(NC(=O)CN2CCN(CCOc3ccc(Cl)cc3)CC2)C2CC2)cc1. The van der Waals surface area contributed by atoms with E-state index >= 15 is 0 Å². The number of nitrogens with zero attached hydrogens (tertiary/aromatic N) is 2. The molecule has 31 heavy (non-hydrogen) atoms. The number of piperazine rings is 1. The lowest BCUT2D eigenvalue weighted by Crippen LogP contribution is -2.50. The van der Waals surface area contributed by atoms with Gasteiger partial charge >= 0.3 is 0 Å². The topological polar surface area (TPSA) is 44.8 Å². The van der Waals surface area contributed by atoms with E-state index < -0.39 is 0 Å². The molecule has 1 atom stereocenters. The molecular formula is C25H32ClN3O2. The van der Waals surface area contributed by atoms with E-state index in [2.05, 4.69) is 46.3 Å². The van der Waals surface area contributed by atoms with Gasteiger partial charge in [-0.15, -0.1) is 0 Å². The molecule has 1 aliphatic carbocycles. The van der Waals surface area contributed by atoms with Gasteiger partial charge in [0, 0.05) is 37.7 Å². The summed E-state index contributed by atoms with van der Waals surface area (Å²) >= 11 is 5.90. The van der Waals surface area contributed by atoms with E-state index in [-0.39, 0.29) is 11.9 Å². The number of hydrogen-bond acceptors (Lipinski definition) is 4. The van der Waals surface area contributed by atoms with Crippen molar-refractivity contribution in [2.24, 2.45) is 5.92 Å². The summed E-state index contributed by atoms with van der Waals surface area (Å²) in [5, 5.41) is 4.02. The second-order valence-electron chi connectivity index (χ2n) is 8.71. The highest BCUT2D eigenvalue weighted by Gasteiger charge is 2.33. The number of halogens is 1. The van der Waals surface area contributed by atoms with Crippen LogP contribution in [-0.2, 0) is 4.79 Å². The Labute approximate surface area is 190 Å². The number of aryl methyl sites for hydroxylation is 1. The first-order valence-electron chi connectivity index (χ1n) is 11.3. The van der Waals surface area contributed by atoms with Gasteiger partial charge in [-0.3, -0.25) is 14.6 Å². The van der Waals surface area contributed by atoms with E-state index in [9.17, 15) is 4.79 Å². The third kappa shape index (κ3) is 6.70. The summed E-state index contributed by atoms with van der Waals surface area (Å²) in [5.41, 5.74) is 2.48. The molecule has 1 aliphatic heterocycles. The van der Waals surface area contributed by atoms with Gasteiger partial charge in [-0.1, -0.05) is 41.4 Å². The quantitative estimate of drug-likeness (QED) is 0.640. The molecule has 1 amide bonds. The van der Waals surface area contributed by atoms with E-state index in [1.165, 1.54) is 24.0 Å². The Balaban J connectivity index is 1.17. The number of carbonyl (C=O) groups is 1. The fourth-order valence-corrected chi connectivity index (χ4v) is 4.22. The summed E-state index contributed by atoms with van der Waals surface area (Å²) < 4.78 is 5.80. The van der Waals surface area contributed by atoms with Gasteiger partial charge in [0.05, 0.1) is 12.6 Å². The van der Waals surface area contributed by atoms with Crippen molar-refractivity contribution >= 4 is 17.5 Å². The number of rotatable bonds is 9. The van der Waals surface area contributed by atoms with Crippen LogP contribution in [0.2, 0.25) is 5.02 Å². The Hall–Kier alpha value is -2.08. The molecule has 2 aliphatic rings. The lowest BCUT2D eigenvalue weighted by Gasteiger charge is -2.34. The largest absolute Gasteiger partial charge is 0.492 e. The minimum absolute atomic E-state index is 0.136. The average molecular weight is 442 g/mol. The normalized spacial score (nSPS) is 18.5. The van der Waals surface area contributed by atoms with Crippen molar-refractivity contribution in [3.05, 3.63) is 64.7 Å². The van der Waals surface area contributed by atoms with Crippen LogP contribution < -0.4 is 10.1 Å². The van der Waals surface area contributed by atoms with Gasteiger partial charge in [-0.25, -0.2) is 0 Å². The maximum Gasteiger partial charge on any atom is 0.234 e. The third-order valence-corrected chi connectivity index (χ3v) is 6.42. The number of carbonyl (C=O) groups excluding carboxylic acids is 1. The molecule has 0 bridgehead atoms. The number of benzene rings is 2. The minimum Gasteiger partial charge on any atom is -0.492 e. The Morgan fingerprint density at radius 2 is 1.68 bits per heavy atom. The fraction of sp³-hybridized carbons (Fsp3) is 0.480. The molecule has 4 rings (SSSR count). The Morgan fingerprint density at radius 1 is 1.03 bits per heavy atom. The summed E-state index contributed by atoms with van der Waals surface area (Å²) in [5.74, 6) is 1.57. The van der Waals surface area contributed by atoms with Crippen LogP contribution in [0.3, 0.4) is 0 Å². The molecule has 1 saturated heterocycles. The Morgan fingerprint density at radius 3 is 2.32 bits per heavy atom. The zero-order valence-corrected chi connectivity index (χ0v) is 19.0. The molecule has 166 valence electrons. The molecule has 2 fully saturated rings. The highest BCUT2D eigenvalue weighted by atomic mass is 35.5. The van der Waals surface area contributed by atoms with Crippen LogP contribution in [0.1, 0.15) is 30.0 Å². The summed E-state index contributed by atoms with van der Waals surface area (Å²) in [6, 6.07) is 16.2. The van der Waals surface area contributed by atoms with Gasteiger partial charge in [0.25, 0.3) is 0 Å². The van der Waals surface area contributed by atoms with Crippen molar-refractivity contribution in [2.75, 3.05) is 45.9 Å².